The molecule has 0 aromatic heterocycles. The lowest BCUT2D eigenvalue weighted by atomic mass is 9.69. The molecule has 0 unspecified atom stereocenters. The van der Waals surface area contributed by atoms with E-state index in [9.17, 15) is 5.11 Å². The summed E-state index contributed by atoms with van der Waals surface area (Å²) < 4.78 is 6.32. The molecule has 0 bridgehead atoms. The summed E-state index contributed by atoms with van der Waals surface area (Å²) in [7, 11) is 1.59. The maximum absolute atomic E-state index is 10.5. The first-order valence-corrected chi connectivity index (χ1v) is 7.61. The van der Waals surface area contributed by atoms with Crippen molar-refractivity contribution in [3.05, 3.63) is 21.7 Å². The molecule has 19 heavy (non-hydrogen) atoms. The number of ether oxygens (including phenoxy) is 1. The lowest BCUT2D eigenvalue weighted by Crippen LogP contribution is -2.37. The first kappa shape index (κ1) is 14.7. The number of hydrogen-bond donors (Lipinski definition) is 2. The first-order chi connectivity index (χ1) is 9.05. The van der Waals surface area contributed by atoms with E-state index < -0.39 is 0 Å². The summed E-state index contributed by atoms with van der Waals surface area (Å²) >= 11 is 3.56. The Hall–Kier alpha value is -0.740. The average Bonchev–Trinajstić information content (AvgIpc) is 2.44. The van der Waals surface area contributed by atoms with Crippen LogP contribution < -0.4 is 10.5 Å². The minimum absolute atomic E-state index is 0.105. The first-order valence-electron chi connectivity index (χ1n) is 6.82. The molecule has 3 N–H and O–H groups in total. The summed E-state index contributed by atoms with van der Waals surface area (Å²) in [5.41, 5.74) is 7.80. The maximum Gasteiger partial charge on any atom is 0.164 e. The van der Waals surface area contributed by atoms with Gasteiger partial charge in [-0.25, -0.2) is 0 Å². The Morgan fingerprint density at radius 1 is 1.37 bits per heavy atom. The molecule has 1 aliphatic rings. The highest BCUT2D eigenvalue weighted by atomic mass is 79.9. The van der Waals surface area contributed by atoms with E-state index in [1.807, 2.05) is 13.0 Å². The van der Waals surface area contributed by atoms with Gasteiger partial charge in [-0.2, -0.15) is 0 Å². The fraction of sp³-hybridized carbons (Fsp3) is 0.600. The van der Waals surface area contributed by atoms with E-state index in [0.717, 1.165) is 28.4 Å². The van der Waals surface area contributed by atoms with Crippen LogP contribution in [-0.2, 0) is 5.41 Å². The van der Waals surface area contributed by atoms with Crippen molar-refractivity contribution in [1.82, 2.24) is 0 Å². The van der Waals surface area contributed by atoms with Crippen LogP contribution in [-0.4, -0.2) is 18.8 Å². The number of methoxy groups -OCH3 is 1. The summed E-state index contributed by atoms with van der Waals surface area (Å²) in [4.78, 5) is 0. The van der Waals surface area contributed by atoms with E-state index >= 15 is 0 Å². The molecule has 0 amide bonds. The number of phenolic OH excluding ortho intramolecular Hbond substituents is 1. The fourth-order valence-corrected chi connectivity index (χ4v) is 3.59. The fourth-order valence-electron chi connectivity index (χ4n) is 3.18. The molecule has 1 aromatic carbocycles. The van der Waals surface area contributed by atoms with Crippen LogP contribution in [0, 0.1) is 6.92 Å². The number of phenols is 1. The second-order valence-electron chi connectivity index (χ2n) is 5.46. The average molecular weight is 328 g/mol. The van der Waals surface area contributed by atoms with Crippen molar-refractivity contribution in [3.8, 4) is 11.5 Å². The van der Waals surface area contributed by atoms with Crippen molar-refractivity contribution in [2.24, 2.45) is 5.73 Å². The lowest BCUT2D eigenvalue weighted by Gasteiger charge is -2.37. The summed E-state index contributed by atoms with van der Waals surface area (Å²) in [5.74, 6) is 0.818. The van der Waals surface area contributed by atoms with Gasteiger partial charge in [-0.15, -0.1) is 0 Å². The molecule has 0 radical (unpaired) electrons. The smallest absolute Gasteiger partial charge is 0.164 e. The van der Waals surface area contributed by atoms with Crippen LogP contribution in [0.1, 0.15) is 43.2 Å². The molecule has 3 nitrogen and oxygen atoms in total. The molecule has 0 saturated heterocycles. The Morgan fingerprint density at radius 2 is 2.00 bits per heavy atom. The number of benzene rings is 1. The third-order valence-electron chi connectivity index (χ3n) is 4.42. The standard InChI is InChI=1S/C15H22BrNO2/c1-10-12(16)8-11(13(18)14(10)19-2)15(9-17)6-4-3-5-7-15/h8,18H,3-7,9,17H2,1-2H3. The zero-order valence-corrected chi connectivity index (χ0v) is 13.2. The molecule has 2 rings (SSSR count). The highest BCUT2D eigenvalue weighted by Gasteiger charge is 2.36. The molecule has 0 spiro atoms. The molecule has 0 atom stereocenters. The molecule has 1 saturated carbocycles. The molecule has 1 aromatic rings. The van der Waals surface area contributed by atoms with Crippen LogP contribution in [0.3, 0.4) is 0 Å². The van der Waals surface area contributed by atoms with Gasteiger partial charge in [0.1, 0.15) is 0 Å². The van der Waals surface area contributed by atoms with Gasteiger partial charge in [0.15, 0.2) is 11.5 Å². The largest absolute Gasteiger partial charge is 0.504 e. The predicted molar refractivity (Wildman–Crippen MR) is 80.9 cm³/mol. The van der Waals surface area contributed by atoms with Gasteiger partial charge >= 0.3 is 0 Å². The quantitative estimate of drug-likeness (QED) is 0.891. The van der Waals surface area contributed by atoms with E-state index in [1.165, 1.54) is 19.3 Å². The Bertz CT molecular complexity index is 468. The summed E-state index contributed by atoms with van der Waals surface area (Å²) in [5, 5.41) is 10.5. The second kappa shape index (κ2) is 5.71. The molecule has 4 heteroatoms. The highest BCUT2D eigenvalue weighted by molar-refractivity contribution is 9.10. The van der Waals surface area contributed by atoms with E-state index in [1.54, 1.807) is 7.11 Å². The van der Waals surface area contributed by atoms with Crippen LogP contribution in [0.5, 0.6) is 11.5 Å². The molecule has 106 valence electrons. The predicted octanol–water partition coefficient (Wildman–Crippen LogP) is 3.63. The molecule has 0 aliphatic heterocycles. The van der Waals surface area contributed by atoms with E-state index in [-0.39, 0.29) is 11.2 Å². The zero-order chi connectivity index (χ0) is 14.0. The third kappa shape index (κ3) is 2.48. The van der Waals surface area contributed by atoms with Gasteiger partial charge < -0.3 is 15.6 Å². The molecule has 1 fully saturated rings. The third-order valence-corrected chi connectivity index (χ3v) is 5.24. The number of rotatable bonds is 3. The summed E-state index contributed by atoms with van der Waals surface area (Å²) in [6.07, 6.45) is 5.67. The van der Waals surface area contributed by atoms with E-state index in [4.69, 9.17) is 10.5 Å². The SMILES string of the molecule is COc1c(C)c(Br)cc(C2(CN)CCCCC2)c1O. The van der Waals surface area contributed by atoms with Crippen LogP contribution in [0.25, 0.3) is 0 Å². The Balaban J connectivity index is 2.57. The van der Waals surface area contributed by atoms with Gasteiger partial charge in [0.05, 0.1) is 7.11 Å². The Labute approximate surface area is 123 Å². The van der Waals surface area contributed by atoms with Crippen molar-refractivity contribution in [2.45, 2.75) is 44.4 Å². The van der Waals surface area contributed by atoms with Gasteiger partial charge in [0, 0.05) is 27.6 Å². The topological polar surface area (TPSA) is 55.5 Å². The normalized spacial score (nSPS) is 18.3. The van der Waals surface area contributed by atoms with Crippen molar-refractivity contribution >= 4 is 15.9 Å². The number of nitrogens with two attached hydrogens (primary N) is 1. The Kier molecular flexibility index (Phi) is 4.41. The summed E-state index contributed by atoms with van der Waals surface area (Å²) in [6, 6.07) is 2.02. The molecular formula is C15H22BrNO2. The number of aromatic hydroxyl groups is 1. The van der Waals surface area contributed by atoms with Crippen molar-refractivity contribution in [1.29, 1.82) is 0 Å². The molecule has 0 heterocycles. The number of hydrogen-bond acceptors (Lipinski definition) is 3. The van der Waals surface area contributed by atoms with E-state index in [0.29, 0.717) is 12.3 Å². The zero-order valence-electron chi connectivity index (χ0n) is 11.6. The second-order valence-corrected chi connectivity index (χ2v) is 6.31. The van der Waals surface area contributed by atoms with Crippen molar-refractivity contribution < 1.29 is 9.84 Å². The Morgan fingerprint density at radius 3 is 2.53 bits per heavy atom. The molecule has 1 aliphatic carbocycles. The van der Waals surface area contributed by atoms with E-state index in [2.05, 4.69) is 15.9 Å². The van der Waals surface area contributed by atoms with Crippen LogP contribution in [0.2, 0.25) is 0 Å². The van der Waals surface area contributed by atoms with Gasteiger partial charge in [0.2, 0.25) is 0 Å². The molecular weight excluding hydrogens is 306 g/mol. The highest BCUT2D eigenvalue weighted by Crippen LogP contribution is 2.48. The summed E-state index contributed by atoms with van der Waals surface area (Å²) in [6.45, 7) is 2.50. The van der Waals surface area contributed by atoms with Gasteiger partial charge in [-0.05, 0) is 25.8 Å². The van der Waals surface area contributed by atoms with Gasteiger partial charge in [0.25, 0.3) is 0 Å². The van der Waals surface area contributed by atoms with Crippen molar-refractivity contribution in [3.63, 3.8) is 0 Å². The number of halogens is 1. The minimum atomic E-state index is -0.105. The monoisotopic (exact) mass is 327 g/mol. The lowest BCUT2D eigenvalue weighted by molar-refractivity contribution is 0.285. The van der Waals surface area contributed by atoms with Gasteiger partial charge in [-0.1, -0.05) is 35.2 Å². The minimum Gasteiger partial charge on any atom is -0.504 e. The van der Waals surface area contributed by atoms with Crippen LogP contribution in [0.15, 0.2) is 10.5 Å². The van der Waals surface area contributed by atoms with Crippen LogP contribution in [0.4, 0.5) is 0 Å². The van der Waals surface area contributed by atoms with Gasteiger partial charge in [-0.3, -0.25) is 0 Å². The van der Waals surface area contributed by atoms with Crippen molar-refractivity contribution in [2.75, 3.05) is 13.7 Å². The maximum atomic E-state index is 10.5. The van der Waals surface area contributed by atoms with Crippen LogP contribution >= 0.6 is 15.9 Å².